The second-order valence-corrected chi connectivity index (χ2v) is 6.54. The topological polar surface area (TPSA) is 111 Å². The minimum Gasteiger partial charge on any atom is -0.436 e. The van der Waals surface area contributed by atoms with E-state index in [1.54, 1.807) is 0 Å². The molecule has 0 spiro atoms. The molecular weight excluding hydrogens is 284 g/mol. The van der Waals surface area contributed by atoms with Crippen LogP contribution in [-0.4, -0.2) is 48.3 Å². The number of rotatable bonds is 7. The fraction of sp³-hybridized carbons (Fsp3) is 0.867. The van der Waals surface area contributed by atoms with Crippen LogP contribution in [-0.2, 0) is 9.53 Å². The average molecular weight is 314 g/mol. The highest BCUT2D eigenvalue weighted by Gasteiger charge is 2.35. The van der Waals surface area contributed by atoms with Crippen molar-refractivity contribution in [3.8, 4) is 0 Å². The number of ether oxygens (including phenoxy) is 1. The molecule has 1 aliphatic rings. The third-order valence-corrected chi connectivity index (χ3v) is 3.90. The molecule has 7 heteroatoms. The molecule has 0 radical (unpaired) electrons. The zero-order chi connectivity index (χ0) is 16.8. The third kappa shape index (κ3) is 6.19. The van der Waals surface area contributed by atoms with E-state index >= 15 is 0 Å². The maximum atomic E-state index is 12.4. The number of hydrogen-bond donors (Lipinski definition) is 3. The largest absolute Gasteiger partial charge is 0.436 e. The van der Waals surface area contributed by atoms with E-state index in [9.17, 15) is 9.59 Å². The summed E-state index contributed by atoms with van der Waals surface area (Å²) in [7, 11) is 0. The van der Waals surface area contributed by atoms with Crippen LogP contribution in [0.3, 0.4) is 0 Å². The van der Waals surface area contributed by atoms with Crippen molar-refractivity contribution in [2.24, 2.45) is 17.4 Å². The second-order valence-electron chi connectivity index (χ2n) is 6.54. The van der Waals surface area contributed by atoms with Crippen molar-refractivity contribution >= 4 is 12.0 Å². The molecule has 0 aliphatic carbocycles. The first-order valence-electron chi connectivity index (χ1n) is 8.05. The number of carbonyl (C=O) groups is 2. The number of nitrogens with zero attached hydrogens (tertiary/aromatic N) is 1. The fourth-order valence-electron chi connectivity index (χ4n) is 2.72. The molecule has 0 aromatic carbocycles. The normalized spacial score (nSPS) is 19.7. The van der Waals surface area contributed by atoms with Crippen molar-refractivity contribution in [3.05, 3.63) is 0 Å². The van der Waals surface area contributed by atoms with Crippen molar-refractivity contribution in [1.29, 1.82) is 0 Å². The number of amides is 2. The van der Waals surface area contributed by atoms with Crippen LogP contribution in [0.4, 0.5) is 4.79 Å². The second kappa shape index (κ2) is 8.33. The Hall–Kier alpha value is -1.34. The Morgan fingerprint density at radius 1 is 1.32 bits per heavy atom. The van der Waals surface area contributed by atoms with Crippen molar-refractivity contribution in [2.45, 2.75) is 58.2 Å². The van der Waals surface area contributed by atoms with E-state index in [1.807, 2.05) is 13.8 Å². The van der Waals surface area contributed by atoms with E-state index in [-0.39, 0.29) is 11.8 Å². The van der Waals surface area contributed by atoms with E-state index in [0.717, 1.165) is 26.1 Å². The number of nitrogens with one attached hydrogen (secondary N) is 1. The standard InChI is InChI=1S/C15H30N4O3/c1-4-7-19-8-5-15(17,6-9-19)18-13(20)12(10-11(2)3)22-14(16)21/h11-12H,4-10,17H2,1-3H3,(H2,16,21)(H,18,20). The van der Waals surface area contributed by atoms with Gasteiger partial charge in [0, 0.05) is 13.1 Å². The quantitative estimate of drug-likeness (QED) is 0.601. The molecule has 1 fully saturated rings. The first-order valence-corrected chi connectivity index (χ1v) is 8.05. The highest BCUT2D eigenvalue weighted by molar-refractivity contribution is 5.83. The summed E-state index contributed by atoms with van der Waals surface area (Å²) in [5.74, 6) is -0.158. The lowest BCUT2D eigenvalue weighted by Crippen LogP contribution is -2.63. The Balaban J connectivity index is 2.58. The fourth-order valence-corrected chi connectivity index (χ4v) is 2.72. The molecule has 2 amide bonds. The highest BCUT2D eigenvalue weighted by atomic mass is 16.6. The highest BCUT2D eigenvalue weighted by Crippen LogP contribution is 2.18. The third-order valence-electron chi connectivity index (χ3n) is 3.90. The molecule has 1 saturated heterocycles. The van der Waals surface area contributed by atoms with E-state index in [0.29, 0.717) is 19.3 Å². The predicted molar refractivity (Wildman–Crippen MR) is 84.9 cm³/mol. The SMILES string of the molecule is CCCN1CCC(N)(NC(=O)C(CC(C)C)OC(N)=O)CC1. The zero-order valence-electron chi connectivity index (χ0n) is 13.9. The van der Waals surface area contributed by atoms with Gasteiger partial charge in [0.15, 0.2) is 6.10 Å². The van der Waals surface area contributed by atoms with E-state index in [2.05, 4.69) is 17.1 Å². The van der Waals surface area contributed by atoms with Gasteiger partial charge in [-0.05, 0) is 38.1 Å². The Labute approximate surface area is 132 Å². The number of nitrogens with two attached hydrogens (primary N) is 2. The van der Waals surface area contributed by atoms with Gasteiger partial charge in [-0.15, -0.1) is 0 Å². The van der Waals surface area contributed by atoms with E-state index in [1.165, 1.54) is 0 Å². The van der Waals surface area contributed by atoms with E-state index in [4.69, 9.17) is 16.2 Å². The van der Waals surface area contributed by atoms with Crippen molar-refractivity contribution in [1.82, 2.24) is 10.2 Å². The average Bonchev–Trinajstić information content (AvgIpc) is 2.40. The molecule has 7 nitrogen and oxygen atoms in total. The molecule has 1 rings (SSSR count). The van der Waals surface area contributed by atoms with Crippen LogP contribution in [0, 0.1) is 5.92 Å². The summed E-state index contributed by atoms with van der Waals surface area (Å²) in [5, 5.41) is 2.85. The van der Waals surface area contributed by atoms with Gasteiger partial charge in [0.2, 0.25) is 0 Å². The zero-order valence-corrected chi connectivity index (χ0v) is 13.9. The Kier molecular flexibility index (Phi) is 7.09. The summed E-state index contributed by atoms with van der Waals surface area (Å²) < 4.78 is 4.93. The summed E-state index contributed by atoms with van der Waals surface area (Å²) in [5.41, 5.74) is 10.6. The van der Waals surface area contributed by atoms with Gasteiger partial charge in [0.1, 0.15) is 0 Å². The lowest BCUT2D eigenvalue weighted by molar-refractivity contribution is -0.132. The molecule has 1 atom stereocenters. The van der Waals surface area contributed by atoms with Crippen LogP contribution in [0.1, 0.15) is 46.5 Å². The lowest BCUT2D eigenvalue weighted by Gasteiger charge is -2.40. The van der Waals surface area contributed by atoms with Gasteiger partial charge in [-0.2, -0.15) is 0 Å². The van der Waals surface area contributed by atoms with Gasteiger partial charge in [-0.1, -0.05) is 20.8 Å². The molecule has 0 saturated carbocycles. The molecule has 128 valence electrons. The molecular formula is C15H30N4O3. The monoisotopic (exact) mass is 314 g/mol. The van der Waals surface area contributed by atoms with Crippen LogP contribution in [0.2, 0.25) is 0 Å². The molecule has 1 unspecified atom stereocenters. The summed E-state index contributed by atoms with van der Waals surface area (Å²) in [4.78, 5) is 25.7. The van der Waals surface area contributed by atoms with Crippen LogP contribution in [0.5, 0.6) is 0 Å². The van der Waals surface area contributed by atoms with Crippen LogP contribution < -0.4 is 16.8 Å². The number of hydrogen-bond acceptors (Lipinski definition) is 5. The molecule has 1 aliphatic heterocycles. The maximum Gasteiger partial charge on any atom is 0.405 e. The predicted octanol–water partition coefficient (Wildman–Crippen LogP) is 0.773. The molecule has 0 aromatic rings. The van der Waals surface area contributed by atoms with Crippen molar-refractivity contribution in [2.75, 3.05) is 19.6 Å². The van der Waals surface area contributed by atoms with Crippen LogP contribution in [0.25, 0.3) is 0 Å². The van der Waals surface area contributed by atoms with Gasteiger partial charge in [0.05, 0.1) is 5.66 Å². The Morgan fingerprint density at radius 3 is 2.36 bits per heavy atom. The van der Waals surface area contributed by atoms with Crippen LogP contribution >= 0.6 is 0 Å². The smallest absolute Gasteiger partial charge is 0.405 e. The Morgan fingerprint density at radius 2 is 1.91 bits per heavy atom. The van der Waals surface area contributed by atoms with Crippen LogP contribution in [0.15, 0.2) is 0 Å². The first-order chi connectivity index (χ1) is 10.3. The van der Waals surface area contributed by atoms with Gasteiger partial charge < -0.3 is 26.4 Å². The summed E-state index contributed by atoms with van der Waals surface area (Å²) >= 11 is 0. The molecule has 0 aromatic heterocycles. The minimum absolute atomic E-state index is 0.204. The van der Waals surface area contributed by atoms with Gasteiger partial charge >= 0.3 is 6.09 Å². The maximum absolute atomic E-state index is 12.4. The van der Waals surface area contributed by atoms with Crippen molar-refractivity contribution < 1.29 is 14.3 Å². The number of piperidine rings is 1. The molecule has 5 N–H and O–H groups in total. The molecule has 0 bridgehead atoms. The number of likely N-dealkylation sites (tertiary alicyclic amines) is 1. The Bertz CT molecular complexity index is 379. The summed E-state index contributed by atoms with van der Waals surface area (Å²) in [6.07, 6.45) is 1.07. The lowest BCUT2D eigenvalue weighted by atomic mass is 9.96. The molecule has 1 heterocycles. The first kappa shape index (κ1) is 18.7. The number of carbonyl (C=O) groups excluding carboxylic acids is 2. The number of primary amides is 1. The van der Waals surface area contributed by atoms with Gasteiger partial charge in [0.25, 0.3) is 5.91 Å². The van der Waals surface area contributed by atoms with Gasteiger partial charge in [-0.3, -0.25) is 4.79 Å². The minimum atomic E-state index is -0.940. The van der Waals surface area contributed by atoms with Gasteiger partial charge in [-0.25, -0.2) is 4.79 Å². The van der Waals surface area contributed by atoms with E-state index < -0.39 is 17.9 Å². The summed E-state index contributed by atoms with van der Waals surface area (Å²) in [6, 6.07) is 0. The van der Waals surface area contributed by atoms with Crippen molar-refractivity contribution in [3.63, 3.8) is 0 Å². The molecule has 22 heavy (non-hydrogen) atoms. The summed E-state index contributed by atoms with van der Waals surface area (Å²) in [6.45, 7) is 8.80.